The molecule has 4 rings (SSSR count). The molecule has 27 heavy (non-hydrogen) atoms. The fourth-order valence-corrected chi connectivity index (χ4v) is 5.67. The van der Waals surface area contributed by atoms with Crippen LogP contribution in [0.15, 0.2) is 20.1 Å². The number of aromatic nitrogens is 1. The molecule has 1 heterocycles. The lowest BCUT2D eigenvalue weighted by atomic mass is 9.83. The van der Waals surface area contributed by atoms with Crippen LogP contribution in [0, 0.1) is 0 Å². The first kappa shape index (κ1) is 18.5. The lowest BCUT2D eigenvalue weighted by Gasteiger charge is -2.25. The number of nitrogens with two attached hydrogens (primary N) is 1. The van der Waals surface area contributed by atoms with Crippen LogP contribution >= 0.6 is 11.3 Å². The van der Waals surface area contributed by atoms with E-state index in [1.807, 2.05) is 0 Å². The Morgan fingerprint density at radius 3 is 2.67 bits per heavy atom. The van der Waals surface area contributed by atoms with Crippen LogP contribution in [0.25, 0.3) is 0 Å². The highest BCUT2D eigenvalue weighted by Crippen LogP contribution is 2.39. The zero-order valence-corrected chi connectivity index (χ0v) is 16.9. The largest absolute Gasteiger partial charge is 0.384 e. The number of thiazole rings is 1. The summed E-state index contributed by atoms with van der Waals surface area (Å²) in [5.74, 6) is 0. The van der Waals surface area contributed by atoms with Gasteiger partial charge in [-0.15, -0.1) is 15.7 Å². The number of carbonyl (C=O) groups excluding carboxylic acids is 1. The molecule has 2 aromatic rings. The van der Waals surface area contributed by atoms with E-state index in [1.165, 1.54) is 16.7 Å². The smallest absolute Gasteiger partial charge is 0.354 e. The first-order valence-electron chi connectivity index (χ1n) is 8.86. The second-order valence-corrected chi connectivity index (χ2v) is 10.4. The van der Waals surface area contributed by atoms with Gasteiger partial charge in [0.15, 0.2) is 9.92 Å². The van der Waals surface area contributed by atoms with E-state index in [9.17, 15) is 14.1 Å². The third kappa shape index (κ3) is 3.40. The van der Waals surface area contributed by atoms with Crippen molar-refractivity contribution in [3.63, 3.8) is 0 Å². The van der Waals surface area contributed by atoms with Gasteiger partial charge >= 0.3 is 6.03 Å². The summed E-state index contributed by atoms with van der Waals surface area (Å²) in [6.07, 6.45) is 4.98. The van der Waals surface area contributed by atoms with Gasteiger partial charge in [-0.3, -0.25) is 0 Å². The van der Waals surface area contributed by atoms with Crippen molar-refractivity contribution in [1.82, 2.24) is 4.98 Å². The van der Waals surface area contributed by atoms with Crippen LogP contribution in [0.3, 0.4) is 0 Å². The summed E-state index contributed by atoms with van der Waals surface area (Å²) in [6.45, 7) is 3.14. The van der Waals surface area contributed by atoms with Crippen molar-refractivity contribution >= 4 is 33.0 Å². The summed E-state index contributed by atoms with van der Waals surface area (Å²) < 4.78 is 16.5. The minimum atomic E-state index is -3.48. The van der Waals surface area contributed by atoms with Crippen LogP contribution < -0.4 is 10.5 Å². The van der Waals surface area contributed by atoms with Gasteiger partial charge in [0.25, 0.3) is 0 Å². The van der Waals surface area contributed by atoms with Gasteiger partial charge in [-0.1, -0.05) is 6.07 Å². The van der Waals surface area contributed by atoms with E-state index in [0.29, 0.717) is 5.69 Å². The third-order valence-electron chi connectivity index (χ3n) is 5.06. The first-order valence-corrected chi connectivity index (χ1v) is 11.3. The Hall–Kier alpha value is -1.81. The molecule has 146 valence electrons. The van der Waals surface area contributed by atoms with E-state index in [1.54, 1.807) is 19.2 Å². The van der Waals surface area contributed by atoms with Crippen LogP contribution in [-0.4, -0.2) is 20.3 Å². The molecule has 0 radical (unpaired) electrons. The second kappa shape index (κ2) is 6.37. The number of carbonyl (C=O) groups is 1. The van der Waals surface area contributed by atoms with E-state index in [0.717, 1.165) is 54.7 Å². The number of nitrogens with one attached hydrogen (secondary N) is 1. The molecule has 4 N–H and O–H groups in total. The standard InChI is InChI=1S/C18H22N4O3S2.H2/c1-18(2,24)14-9-26-17(20-14)27(19,25)22-16(23)21-15-12-5-3-4-10(12)8-11-6-7-13(11)15;/h8-9,24H,3-7H2,1-2H3,(H3,19,21,22,23,25);1H. The Labute approximate surface area is 163 Å². The summed E-state index contributed by atoms with van der Waals surface area (Å²) >= 11 is 1.02. The molecular weight excluding hydrogens is 384 g/mol. The maximum atomic E-state index is 12.7. The lowest BCUT2D eigenvalue weighted by molar-refractivity contribution is 0.0741. The highest BCUT2D eigenvalue weighted by molar-refractivity contribution is 7.93. The molecular formula is C18H24N4O3S2. The summed E-state index contributed by atoms with van der Waals surface area (Å²) in [5.41, 5.74) is 4.87. The summed E-state index contributed by atoms with van der Waals surface area (Å²) in [6, 6.07) is 1.52. The highest BCUT2D eigenvalue weighted by atomic mass is 32.2. The van der Waals surface area contributed by atoms with Crippen LogP contribution in [-0.2, 0) is 41.2 Å². The van der Waals surface area contributed by atoms with Gasteiger partial charge < -0.3 is 10.4 Å². The van der Waals surface area contributed by atoms with Crippen LogP contribution in [0.2, 0.25) is 0 Å². The van der Waals surface area contributed by atoms with Crippen molar-refractivity contribution in [2.24, 2.45) is 9.50 Å². The van der Waals surface area contributed by atoms with Gasteiger partial charge in [0.2, 0.25) is 4.34 Å². The van der Waals surface area contributed by atoms with Gasteiger partial charge in [-0.2, -0.15) is 0 Å². The zero-order valence-electron chi connectivity index (χ0n) is 15.2. The Kier molecular flexibility index (Phi) is 4.38. The molecule has 7 nitrogen and oxygen atoms in total. The Morgan fingerprint density at radius 2 is 2.04 bits per heavy atom. The molecule has 9 heteroatoms. The number of amides is 2. The average molecular weight is 409 g/mol. The first-order chi connectivity index (χ1) is 12.6. The molecule has 1 aromatic carbocycles. The lowest BCUT2D eigenvalue weighted by Crippen LogP contribution is -2.21. The molecule has 2 aliphatic carbocycles. The number of aryl methyl sites for hydroxylation is 2. The number of nitrogens with zero attached hydrogens (tertiary/aromatic N) is 2. The van der Waals surface area contributed by atoms with Crippen LogP contribution in [0.1, 0.15) is 49.6 Å². The van der Waals surface area contributed by atoms with Crippen molar-refractivity contribution < 1.29 is 15.5 Å². The van der Waals surface area contributed by atoms with Gasteiger partial charge in [0.1, 0.15) is 5.60 Å². The fraction of sp³-hybridized carbons (Fsp3) is 0.444. The van der Waals surface area contributed by atoms with Crippen molar-refractivity contribution in [2.75, 3.05) is 5.32 Å². The van der Waals surface area contributed by atoms with Gasteiger partial charge in [-0.25, -0.2) is 19.1 Å². The topological polar surface area (TPSA) is 118 Å². The maximum absolute atomic E-state index is 12.7. The Balaban J connectivity index is 0.00000225. The monoisotopic (exact) mass is 408 g/mol. The van der Waals surface area contributed by atoms with Crippen molar-refractivity contribution in [2.45, 2.75) is 55.9 Å². The molecule has 1 unspecified atom stereocenters. The van der Waals surface area contributed by atoms with E-state index in [-0.39, 0.29) is 5.77 Å². The minimum Gasteiger partial charge on any atom is -0.384 e. The molecule has 0 fully saturated rings. The Bertz CT molecular complexity index is 1070. The number of aliphatic hydroxyl groups is 1. The van der Waals surface area contributed by atoms with Crippen molar-refractivity contribution in [3.8, 4) is 0 Å². The molecule has 0 spiro atoms. The van der Waals surface area contributed by atoms with Crippen LogP contribution in [0.5, 0.6) is 0 Å². The number of hydrogen-bond donors (Lipinski definition) is 3. The van der Waals surface area contributed by atoms with Crippen LogP contribution in [0.4, 0.5) is 10.5 Å². The van der Waals surface area contributed by atoms with Crippen molar-refractivity contribution in [3.05, 3.63) is 39.4 Å². The predicted octanol–water partition coefficient (Wildman–Crippen LogP) is 3.14. The number of fused-ring (bicyclic) bond motifs is 2. The quantitative estimate of drug-likeness (QED) is 0.723. The SMILES string of the molecule is CC(C)(O)c1csc(S(N)(=O)=NC(=O)Nc2c3c(cc4c2CC4)CCC3)n1.[HH]. The third-order valence-corrected chi connectivity index (χ3v) is 7.72. The van der Waals surface area contributed by atoms with Gasteiger partial charge in [0, 0.05) is 12.5 Å². The van der Waals surface area contributed by atoms with Gasteiger partial charge in [0.05, 0.1) is 5.69 Å². The number of anilines is 1. The second-order valence-electron chi connectivity index (χ2n) is 7.53. The Morgan fingerprint density at radius 1 is 1.33 bits per heavy atom. The zero-order chi connectivity index (χ0) is 19.4. The number of hydrogen-bond acceptors (Lipinski definition) is 5. The molecule has 0 aliphatic heterocycles. The fourth-order valence-electron chi connectivity index (χ4n) is 3.56. The molecule has 2 aliphatic rings. The minimum absolute atomic E-state index is 0. The van der Waals surface area contributed by atoms with E-state index in [4.69, 9.17) is 5.14 Å². The summed E-state index contributed by atoms with van der Waals surface area (Å²) in [7, 11) is -3.48. The number of benzene rings is 1. The predicted molar refractivity (Wildman–Crippen MR) is 107 cm³/mol. The van der Waals surface area contributed by atoms with Gasteiger partial charge in [-0.05, 0) is 68.2 Å². The van der Waals surface area contributed by atoms with E-state index >= 15 is 0 Å². The molecule has 1 aromatic heterocycles. The average Bonchev–Trinajstić information content (AvgIpc) is 3.18. The molecule has 1 atom stereocenters. The molecule has 0 saturated heterocycles. The highest BCUT2D eigenvalue weighted by Gasteiger charge is 2.27. The van der Waals surface area contributed by atoms with Crippen molar-refractivity contribution in [1.29, 1.82) is 0 Å². The summed E-state index contributed by atoms with van der Waals surface area (Å²) in [5, 5.41) is 20.2. The number of urea groups is 1. The van der Waals surface area contributed by atoms with E-state index < -0.39 is 21.5 Å². The summed E-state index contributed by atoms with van der Waals surface area (Å²) in [4.78, 5) is 16.6. The maximum Gasteiger partial charge on any atom is 0.354 e. The molecule has 2 amide bonds. The van der Waals surface area contributed by atoms with E-state index in [2.05, 4.69) is 20.7 Å². The normalized spacial score (nSPS) is 17.5. The molecule has 0 bridgehead atoms. The number of rotatable bonds is 3. The molecule has 0 saturated carbocycles.